The van der Waals surface area contributed by atoms with Gasteiger partial charge in [-0.05, 0) is 48.9 Å². The van der Waals surface area contributed by atoms with Crippen LogP contribution in [0.3, 0.4) is 0 Å². The summed E-state index contributed by atoms with van der Waals surface area (Å²) in [5.74, 6) is 0.106. The molecule has 1 aliphatic heterocycles. The van der Waals surface area contributed by atoms with Crippen molar-refractivity contribution in [1.82, 2.24) is 10.2 Å². The Hall–Kier alpha value is -2.12. The molecular formula is C20H22F4N2O. The highest BCUT2D eigenvalue weighted by atomic mass is 19.4. The molecule has 7 heteroatoms. The molecule has 2 aromatic carbocycles. The maximum absolute atomic E-state index is 14.0. The van der Waals surface area contributed by atoms with Crippen LogP contribution in [0.1, 0.15) is 29.2 Å². The fourth-order valence-corrected chi connectivity index (χ4v) is 3.49. The van der Waals surface area contributed by atoms with Gasteiger partial charge >= 0.3 is 6.18 Å². The zero-order chi connectivity index (χ0) is 19.4. The summed E-state index contributed by atoms with van der Waals surface area (Å²) in [5, 5.41) is 3.31. The predicted octanol–water partition coefficient (Wildman–Crippen LogP) is 4.24. The van der Waals surface area contributed by atoms with Gasteiger partial charge in [-0.2, -0.15) is 13.2 Å². The molecule has 1 unspecified atom stereocenters. The largest absolute Gasteiger partial charge is 0.496 e. The van der Waals surface area contributed by atoms with Gasteiger partial charge < -0.3 is 10.1 Å². The Morgan fingerprint density at radius 1 is 1.04 bits per heavy atom. The summed E-state index contributed by atoms with van der Waals surface area (Å²) >= 11 is 0. The maximum atomic E-state index is 14.0. The molecule has 1 atom stereocenters. The minimum absolute atomic E-state index is 0.391. The van der Waals surface area contributed by atoms with E-state index in [-0.39, 0.29) is 0 Å². The molecule has 1 heterocycles. The number of halogens is 4. The third-order valence-corrected chi connectivity index (χ3v) is 4.78. The smallest absolute Gasteiger partial charge is 0.416 e. The summed E-state index contributed by atoms with van der Waals surface area (Å²) < 4.78 is 58.2. The van der Waals surface area contributed by atoms with Crippen LogP contribution in [0, 0.1) is 5.82 Å². The number of ether oxygens (including phenoxy) is 1. The predicted molar refractivity (Wildman–Crippen MR) is 95.3 cm³/mol. The topological polar surface area (TPSA) is 24.5 Å². The molecule has 0 aromatic heterocycles. The lowest BCUT2D eigenvalue weighted by Gasteiger charge is -2.32. The van der Waals surface area contributed by atoms with Gasteiger partial charge in [0.15, 0.2) is 0 Å². The highest BCUT2D eigenvalue weighted by molar-refractivity contribution is 5.43. The van der Waals surface area contributed by atoms with Gasteiger partial charge in [-0.1, -0.05) is 12.1 Å². The molecule has 1 saturated heterocycles. The van der Waals surface area contributed by atoms with Crippen LogP contribution in [-0.2, 0) is 6.18 Å². The van der Waals surface area contributed by atoms with Crippen LogP contribution in [0.2, 0.25) is 0 Å². The zero-order valence-corrected chi connectivity index (χ0v) is 15.0. The van der Waals surface area contributed by atoms with Crippen LogP contribution in [0.15, 0.2) is 42.5 Å². The number of hydrogen-bond acceptors (Lipinski definition) is 3. The minimum Gasteiger partial charge on any atom is -0.496 e. The zero-order valence-electron chi connectivity index (χ0n) is 15.0. The number of rotatable bonds is 4. The van der Waals surface area contributed by atoms with Crippen LogP contribution >= 0.6 is 0 Å². The molecule has 1 fully saturated rings. The van der Waals surface area contributed by atoms with Gasteiger partial charge in [0.2, 0.25) is 0 Å². The normalized spacial score (nSPS) is 17.4. The van der Waals surface area contributed by atoms with E-state index >= 15 is 0 Å². The van der Waals surface area contributed by atoms with Gasteiger partial charge in [0.05, 0.1) is 18.7 Å². The van der Waals surface area contributed by atoms with E-state index in [1.807, 2.05) is 0 Å². The lowest BCUT2D eigenvalue weighted by Crippen LogP contribution is -2.33. The van der Waals surface area contributed by atoms with Crippen molar-refractivity contribution >= 4 is 0 Å². The van der Waals surface area contributed by atoms with Crippen LogP contribution < -0.4 is 10.1 Å². The summed E-state index contributed by atoms with van der Waals surface area (Å²) in [7, 11) is 1.50. The maximum Gasteiger partial charge on any atom is 0.416 e. The first-order valence-corrected chi connectivity index (χ1v) is 8.85. The molecule has 0 spiro atoms. The Balaban J connectivity index is 2.06. The molecule has 0 saturated carbocycles. The van der Waals surface area contributed by atoms with Gasteiger partial charge in [0.25, 0.3) is 0 Å². The van der Waals surface area contributed by atoms with Gasteiger partial charge in [-0.3, -0.25) is 4.90 Å². The monoisotopic (exact) mass is 382 g/mol. The number of nitrogens with zero attached hydrogens (tertiary/aromatic N) is 1. The van der Waals surface area contributed by atoms with E-state index in [1.165, 1.54) is 31.4 Å². The molecule has 2 aromatic rings. The van der Waals surface area contributed by atoms with Gasteiger partial charge in [-0.25, -0.2) is 4.39 Å². The van der Waals surface area contributed by atoms with E-state index in [2.05, 4.69) is 10.2 Å². The van der Waals surface area contributed by atoms with E-state index in [1.54, 1.807) is 6.07 Å². The van der Waals surface area contributed by atoms with Crippen LogP contribution in [0.5, 0.6) is 5.75 Å². The fourth-order valence-electron chi connectivity index (χ4n) is 3.49. The molecule has 146 valence electrons. The van der Waals surface area contributed by atoms with E-state index in [9.17, 15) is 17.6 Å². The summed E-state index contributed by atoms with van der Waals surface area (Å²) in [4.78, 5) is 2.15. The van der Waals surface area contributed by atoms with Crippen molar-refractivity contribution in [3.8, 4) is 5.75 Å². The lowest BCUT2D eigenvalue weighted by molar-refractivity contribution is -0.137. The Labute approximate surface area is 155 Å². The molecular weight excluding hydrogens is 360 g/mol. The van der Waals surface area contributed by atoms with Gasteiger partial charge in [-0.15, -0.1) is 0 Å². The van der Waals surface area contributed by atoms with E-state index in [0.717, 1.165) is 38.2 Å². The third-order valence-electron chi connectivity index (χ3n) is 4.78. The molecule has 1 aliphatic rings. The molecule has 0 radical (unpaired) electrons. The first kappa shape index (κ1) is 19.6. The number of hydrogen-bond donors (Lipinski definition) is 1. The van der Waals surface area contributed by atoms with Crippen molar-refractivity contribution < 1.29 is 22.3 Å². The second kappa shape index (κ2) is 8.27. The van der Waals surface area contributed by atoms with Crippen molar-refractivity contribution in [3.05, 3.63) is 65.0 Å². The highest BCUT2D eigenvalue weighted by Gasteiger charge is 2.31. The average Bonchev–Trinajstić information content (AvgIpc) is 2.91. The minimum atomic E-state index is -4.39. The summed E-state index contributed by atoms with van der Waals surface area (Å²) in [6, 6.07) is 8.96. The number of benzene rings is 2. The first-order chi connectivity index (χ1) is 12.9. The SMILES string of the molecule is COc1ccc(F)cc1C(c1ccc(C(F)(F)F)cc1)N1CCCNCC1. The van der Waals surface area contributed by atoms with Crippen molar-refractivity contribution in [3.63, 3.8) is 0 Å². The third kappa shape index (κ3) is 4.59. The van der Waals surface area contributed by atoms with Crippen LogP contribution in [-0.4, -0.2) is 38.2 Å². The van der Waals surface area contributed by atoms with E-state index < -0.39 is 23.6 Å². The second-order valence-corrected chi connectivity index (χ2v) is 6.55. The van der Waals surface area contributed by atoms with Crippen molar-refractivity contribution in [2.24, 2.45) is 0 Å². The van der Waals surface area contributed by atoms with E-state index in [0.29, 0.717) is 23.4 Å². The number of methoxy groups -OCH3 is 1. The summed E-state index contributed by atoms with van der Waals surface area (Å²) in [6.07, 6.45) is -3.49. The molecule has 3 rings (SSSR count). The molecule has 1 N–H and O–H groups in total. The molecule has 0 aliphatic carbocycles. The Morgan fingerprint density at radius 3 is 2.44 bits per heavy atom. The Bertz CT molecular complexity index is 754. The highest BCUT2D eigenvalue weighted by Crippen LogP contribution is 2.37. The van der Waals surface area contributed by atoms with Crippen molar-refractivity contribution in [1.29, 1.82) is 0 Å². The number of alkyl halides is 3. The lowest BCUT2D eigenvalue weighted by atomic mass is 9.94. The Kier molecular flexibility index (Phi) is 6.01. The first-order valence-electron chi connectivity index (χ1n) is 8.85. The molecule has 27 heavy (non-hydrogen) atoms. The van der Waals surface area contributed by atoms with Crippen molar-refractivity contribution in [2.75, 3.05) is 33.3 Å². The molecule has 0 bridgehead atoms. The quantitative estimate of drug-likeness (QED) is 0.801. The van der Waals surface area contributed by atoms with Crippen molar-refractivity contribution in [2.45, 2.75) is 18.6 Å². The molecule has 3 nitrogen and oxygen atoms in total. The van der Waals surface area contributed by atoms with Gasteiger partial charge in [0.1, 0.15) is 11.6 Å². The van der Waals surface area contributed by atoms with Crippen LogP contribution in [0.4, 0.5) is 17.6 Å². The summed E-state index contributed by atoms with van der Waals surface area (Å²) in [6.45, 7) is 3.08. The van der Waals surface area contributed by atoms with E-state index in [4.69, 9.17) is 4.74 Å². The second-order valence-electron chi connectivity index (χ2n) is 6.55. The number of nitrogens with one attached hydrogen (secondary N) is 1. The fraction of sp³-hybridized carbons (Fsp3) is 0.400. The molecule has 0 amide bonds. The standard InChI is InChI=1S/C20H22F4N2O/c1-27-18-8-7-16(21)13-17(18)19(26-11-2-9-25-10-12-26)14-3-5-15(6-4-14)20(22,23)24/h3-8,13,19,25H,2,9-12H2,1H3. The Morgan fingerprint density at radius 2 is 1.78 bits per heavy atom. The van der Waals surface area contributed by atoms with Gasteiger partial charge in [0, 0.05) is 25.2 Å². The average molecular weight is 382 g/mol. The summed E-state index contributed by atoms with van der Waals surface area (Å²) in [5.41, 5.74) is 0.585. The van der Waals surface area contributed by atoms with Crippen LogP contribution in [0.25, 0.3) is 0 Å².